The Morgan fingerprint density at radius 3 is 2.48 bits per heavy atom. The molecule has 2 N–H and O–H groups in total. The molecule has 0 unspecified atom stereocenters. The molecule has 2 rings (SSSR count). The first-order valence-corrected chi connectivity index (χ1v) is 6.83. The van der Waals surface area contributed by atoms with Crippen LogP contribution in [0.3, 0.4) is 0 Å². The molecule has 0 aliphatic carbocycles. The highest BCUT2D eigenvalue weighted by atomic mass is 35.5. The molecule has 0 spiro atoms. The number of hydrogen-bond donors (Lipinski definition) is 2. The number of nitrogens with zero attached hydrogens (tertiary/aromatic N) is 1. The number of rotatable bonds is 3. The first-order chi connectivity index (χ1) is 9.99. The molecule has 21 heavy (non-hydrogen) atoms. The van der Waals surface area contributed by atoms with E-state index in [1.54, 1.807) is 17.5 Å². The molecule has 108 valence electrons. The largest absolute Gasteiger partial charge is 0.279 e. The quantitative estimate of drug-likeness (QED) is 0.668. The summed E-state index contributed by atoms with van der Waals surface area (Å²) in [7, 11) is 0. The van der Waals surface area contributed by atoms with E-state index < -0.39 is 16.7 Å². The second kappa shape index (κ2) is 6.33. The third kappa shape index (κ3) is 3.56. The molecule has 0 saturated heterocycles. The Hall–Kier alpha value is -2.45. The van der Waals surface area contributed by atoms with Crippen molar-refractivity contribution in [3.05, 3.63) is 61.3 Å². The maximum atomic E-state index is 11.8. The van der Waals surface area contributed by atoms with E-state index in [1.165, 1.54) is 17.4 Å². The van der Waals surface area contributed by atoms with Gasteiger partial charge in [0, 0.05) is 12.1 Å². The summed E-state index contributed by atoms with van der Waals surface area (Å²) in [4.78, 5) is 33.9. The molecule has 0 aliphatic rings. The maximum absolute atomic E-state index is 11.8. The number of non-ortho nitro benzene ring substituents is 1. The first kappa shape index (κ1) is 14.9. The number of benzene rings is 1. The van der Waals surface area contributed by atoms with Crippen LogP contribution in [0.1, 0.15) is 20.0 Å². The number of carbonyl (C=O) groups excluding carboxylic acids is 2. The van der Waals surface area contributed by atoms with Gasteiger partial charge >= 0.3 is 0 Å². The van der Waals surface area contributed by atoms with E-state index in [0.29, 0.717) is 4.88 Å². The number of carbonyl (C=O) groups is 2. The summed E-state index contributed by atoms with van der Waals surface area (Å²) in [5.41, 5.74) is 4.22. The van der Waals surface area contributed by atoms with E-state index in [2.05, 4.69) is 10.9 Å². The lowest BCUT2D eigenvalue weighted by molar-refractivity contribution is -0.384. The maximum Gasteiger partial charge on any atom is 0.279 e. The van der Waals surface area contributed by atoms with Gasteiger partial charge in [-0.3, -0.25) is 30.6 Å². The van der Waals surface area contributed by atoms with E-state index in [9.17, 15) is 19.7 Å². The Morgan fingerprint density at radius 1 is 1.19 bits per heavy atom. The Balaban J connectivity index is 2.04. The second-order valence-electron chi connectivity index (χ2n) is 3.81. The highest BCUT2D eigenvalue weighted by Gasteiger charge is 2.15. The highest BCUT2D eigenvalue weighted by Crippen LogP contribution is 2.22. The molecule has 7 nitrogen and oxygen atoms in total. The number of nitro groups is 1. The van der Waals surface area contributed by atoms with Crippen LogP contribution in [0.5, 0.6) is 0 Å². The van der Waals surface area contributed by atoms with Gasteiger partial charge in [0.05, 0.1) is 20.4 Å². The molecule has 0 radical (unpaired) electrons. The summed E-state index contributed by atoms with van der Waals surface area (Å²) in [6, 6.07) is 6.74. The van der Waals surface area contributed by atoms with Crippen molar-refractivity contribution in [1.29, 1.82) is 0 Å². The molecular formula is C12H8ClN3O4S. The van der Waals surface area contributed by atoms with Crippen LogP contribution < -0.4 is 10.9 Å². The van der Waals surface area contributed by atoms with Crippen molar-refractivity contribution in [1.82, 2.24) is 10.9 Å². The molecule has 0 bridgehead atoms. The van der Waals surface area contributed by atoms with E-state index in [-0.39, 0.29) is 16.3 Å². The van der Waals surface area contributed by atoms with Gasteiger partial charge < -0.3 is 0 Å². The Morgan fingerprint density at radius 2 is 1.90 bits per heavy atom. The van der Waals surface area contributed by atoms with E-state index in [1.807, 2.05) is 0 Å². The van der Waals surface area contributed by atoms with Gasteiger partial charge in [-0.05, 0) is 17.5 Å². The van der Waals surface area contributed by atoms with Crippen LogP contribution in [0.4, 0.5) is 5.69 Å². The molecular weight excluding hydrogens is 318 g/mol. The number of hydrogen-bond acceptors (Lipinski definition) is 5. The van der Waals surface area contributed by atoms with Crippen LogP contribution in [0.15, 0.2) is 35.7 Å². The standard InChI is InChI=1S/C12H8ClN3O4S/c13-9-6-7(16(19)20)3-4-8(9)11(17)14-15-12(18)10-2-1-5-21-10/h1-6H,(H,14,17)(H,15,18). The molecule has 9 heteroatoms. The lowest BCUT2D eigenvalue weighted by atomic mass is 10.2. The lowest BCUT2D eigenvalue weighted by Crippen LogP contribution is -2.41. The SMILES string of the molecule is O=C(NNC(=O)c1ccc([N+](=O)[O-])cc1Cl)c1cccs1. The zero-order valence-corrected chi connectivity index (χ0v) is 11.9. The molecule has 2 aromatic rings. The summed E-state index contributed by atoms with van der Waals surface area (Å²) in [6.07, 6.45) is 0. The van der Waals surface area contributed by atoms with Gasteiger partial charge in [-0.1, -0.05) is 17.7 Å². The van der Waals surface area contributed by atoms with Gasteiger partial charge in [-0.15, -0.1) is 11.3 Å². The minimum Gasteiger partial charge on any atom is -0.267 e. The number of nitrogens with one attached hydrogen (secondary N) is 2. The van der Waals surface area contributed by atoms with E-state index in [0.717, 1.165) is 12.1 Å². The molecule has 1 aromatic heterocycles. The smallest absolute Gasteiger partial charge is 0.267 e. The summed E-state index contributed by atoms with van der Waals surface area (Å²) in [5, 5.41) is 12.2. The van der Waals surface area contributed by atoms with Crippen LogP contribution in [-0.2, 0) is 0 Å². The number of hydrazine groups is 1. The average Bonchev–Trinajstić information content (AvgIpc) is 2.98. The fourth-order valence-corrected chi connectivity index (χ4v) is 2.33. The van der Waals surface area contributed by atoms with Gasteiger partial charge in [0.25, 0.3) is 17.5 Å². The Bertz CT molecular complexity index is 703. The van der Waals surface area contributed by atoms with E-state index in [4.69, 9.17) is 11.6 Å². The van der Waals surface area contributed by atoms with Gasteiger partial charge in [0.1, 0.15) is 0 Å². The van der Waals surface area contributed by atoms with Crippen LogP contribution in [0.2, 0.25) is 5.02 Å². The highest BCUT2D eigenvalue weighted by molar-refractivity contribution is 7.12. The topological polar surface area (TPSA) is 101 Å². The minimum absolute atomic E-state index is 0.0220. The van der Waals surface area contributed by atoms with Crippen LogP contribution in [0.25, 0.3) is 0 Å². The minimum atomic E-state index is -0.667. The first-order valence-electron chi connectivity index (χ1n) is 5.57. The summed E-state index contributed by atoms with van der Waals surface area (Å²) >= 11 is 7.03. The number of amides is 2. The van der Waals surface area contributed by atoms with E-state index >= 15 is 0 Å². The zero-order chi connectivity index (χ0) is 15.4. The van der Waals surface area contributed by atoms with Crippen molar-refractivity contribution in [3.8, 4) is 0 Å². The van der Waals surface area contributed by atoms with Crippen LogP contribution in [0, 0.1) is 10.1 Å². The normalized spacial score (nSPS) is 9.95. The molecule has 1 aromatic carbocycles. The molecule has 0 aliphatic heterocycles. The summed E-state index contributed by atoms with van der Waals surface area (Å²) in [6.45, 7) is 0. The zero-order valence-electron chi connectivity index (χ0n) is 10.3. The third-order valence-corrected chi connectivity index (χ3v) is 3.62. The number of halogens is 1. The van der Waals surface area contributed by atoms with Gasteiger partial charge in [-0.25, -0.2) is 0 Å². The predicted molar refractivity (Wildman–Crippen MR) is 77.4 cm³/mol. The second-order valence-corrected chi connectivity index (χ2v) is 5.16. The fraction of sp³-hybridized carbons (Fsp3) is 0. The van der Waals surface area contributed by atoms with Gasteiger partial charge in [0.2, 0.25) is 0 Å². The average molecular weight is 326 g/mol. The fourth-order valence-electron chi connectivity index (χ4n) is 1.45. The molecule has 0 saturated carbocycles. The van der Waals surface area contributed by atoms with Crippen molar-refractivity contribution in [3.63, 3.8) is 0 Å². The molecule has 0 fully saturated rings. The van der Waals surface area contributed by atoms with Gasteiger partial charge in [0.15, 0.2) is 0 Å². The van der Waals surface area contributed by atoms with Crippen molar-refractivity contribution in [2.24, 2.45) is 0 Å². The Kier molecular flexibility index (Phi) is 4.51. The van der Waals surface area contributed by atoms with Gasteiger partial charge in [-0.2, -0.15) is 0 Å². The molecule has 1 heterocycles. The van der Waals surface area contributed by atoms with Crippen molar-refractivity contribution >= 4 is 40.4 Å². The Labute approximate surface area is 127 Å². The van der Waals surface area contributed by atoms with Crippen LogP contribution in [-0.4, -0.2) is 16.7 Å². The molecule has 2 amide bonds. The lowest BCUT2D eigenvalue weighted by Gasteiger charge is -2.07. The summed E-state index contributed by atoms with van der Waals surface area (Å²) < 4.78 is 0. The summed E-state index contributed by atoms with van der Waals surface area (Å²) in [5.74, 6) is -1.13. The number of nitro benzene ring substituents is 1. The molecule has 0 atom stereocenters. The number of thiophene rings is 1. The predicted octanol–water partition coefficient (Wildman–Crippen LogP) is 2.38. The van der Waals surface area contributed by atoms with Crippen molar-refractivity contribution in [2.45, 2.75) is 0 Å². The monoisotopic (exact) mass is 325 g/mol. The van der Waals surface area contributed by atoms with Crippen molar-refractivity contribution in [2.75, 3.05) is 0 Å². The van der Waals surface area contributed by atoms with Crippen molar-refractivity contribution < 1.29 is 14.5 Å². The van der Waals surface area contributed by atoms with Crippen LogP contribution >= 0.6 is 22.9 Å². The third-order valence-electron chi connectivity index (χ3n) is 2.44.